The van der Waals surface area contributed by atoms with Gasteiger partial charge in [-0.15, -0.1) is 24.8 Å². The van der Waals surface area contributed by atoms with Crippen LogP contribution in [0.5, 0.6) is 0 Å². The van der Waals surface area contributed by atoms with Crippen LogP contribution in [0.1, 0.15) is 28.8 Å². The highest BCUT2D eigenvalue weighted by atomic mass is 35.5. The molecule has 25 heavy (non-hydrogen) atoms. The first kappa shape index (κ1) is 21.3. The lowest BCUT2D eigenvalue weighted by molar-refractivity contribution is 0.0940. The standard InChI is InChI=1S/C19H23N3O.2ClH/c20-17-9-4-8-16(12-17)19(23)21-13-18-10-5-11-22(18)14-15-6-2-1-3-7-15;;/h1-4,6-9,12,18H,5,10-11,13-14,20H2,(H,21,23);2*1H. The van der Waals surface area contributed by atoms with Gasteiger partial charge in [-0.05, 0) is 43.1 Å². The van der Waals surface area contributed by atoms with Gasteiger partial charge >= 0.3 is 0 Å². The number of carbonyl (C=O) groups is 1. The Hall–Kier alpha value is -1.75. The van der Waals surface area contributed by atoms with Gasteiger partial charge in [-0.1, -0.05) is 36.4 Å². The molecule has 0 saturated carbocycles. The average Bonchev–Trinajstić information content (AvgIpc) is 3.00. The quantitative estimate of drug-likeness (QED) is 0.779. The van der Waals surface area contributed by atoms with Gasteiger partial charge in [0.1, 0.15) is 0 Å². The molecule has 4 nitrogen and oxygen atoms in total. The van der Waals surface area contributed by atoms with E-state index in [1.165, 1.54) is 12.0 Å². The summed E-state index contributed by atoms with van der Waals surface area (Å²) in [6.45, 7) is 2.72. The van der Waals surface area contributed by atoms with E-state index >= 15 is 0 Å². The Labute approximate surface area is 161 Å². The fourth-order valence-electron chi connectivity index (χ4n) is 3.14. The second-order valence-corrected chi connectivity index (χ2v) is 6.09. The summed E-state index contributed by atoms with van der Waals surface area (Å²) in [4.78, 5) is 14.7. The van der Waals surface area contributed by atoms with E-state index in [-0.39, 0.29) is 30.7 Å². The van der Waals surface area contributed by atoms with Crippen molar-refractivity contribution in [1.29, 1.82) is 0 Å². The van der Waals surface area contributed by atoms with E-state index in [1.807, 2.05) is 12.1 Å². The third-order valence-electron chi connectivity index (χ3n) is 4.37. The molecule has 3 rings (SSSR count). The Balaban J connectivity index is 0.00000156. The molecule has 1 fully saturated rings. The van der Waals surface area contributed by atoms with Crippen molar-refractivity contribution < 1.29 is 4.79 Å². The molecule has 2 aromatic carbocycles. The van der Waals surface area contributed by atoms with Gasteiger partial charge < -0.3 is 11.1 Å². The number of likely N-dealkylation sites (tertiary alicyclic amines) is 1. The van der Waals surface area contributed by atoms with Crippen molar-refractivity contribution in [1.82, 2.24) is 10.2 Å². The third kappa shape index (κ3) is 5.92. The number of nitrogen functional groups attached to an aromatic ring is 1. The van der Waals surface area contributed by atoms with Crippen LogP contribution in [-0.2, 0) is 6.54 Å². The number of nitrogens with one attached hydrogen (secondary N) is 1. The van der Waals surface area contributed by atoms with Crippen LogP contribution < -0.4 is 11.1 Å². The molecule has 1 aliphatic heterocycles. The molecule has 0 spiro atoms. The Kier molecular flexibility index (Phi) is 8.76. The van der Waals surface area contributed by atoms with Gasteiger partial charge in [0.05, 0.1) is 0 Å². The van der Waals surface area contributed by atoms with Crippen LogP contribution in [0.4, 0.5) is 5.69 Å². The molecule has 0 radical (unpaired) electrons. The zero-order chi connectivity index (χ0) is 16.1. The highest BCUT2D eigenvalue weighted by molar-refractivity contribution is 5.95. The monoisotopic (exact) mass is 381 g/mol. The Bertz CT molecular complexity index is 667. The molecule has 1 atom stereocenters. The van der Waals surface area contributed by atoms with Crippen molar-refractivity contribution in [3.8, 4) is 0 Å². The first-order valence-electron chi connectivity index (χ1n) is 8.14. The van der Waals surface area contributed by atoms with Crippen molar-refractivity contribution in [2.45, 2.75) is 25.4 Å². The lowest BCUT2D eigenvalue weighted by Crippen LogP contribution is -2.39. The number of benzene rings is 2. The maximum atomic E-state index is 12.2. The molecule has 1 amide bonds. The van der Waals surface area contributed by atoms with Crippen LogP contribution in [0.25, 0.3) is 0 Å². The van der Waals surface area contributed by atoms with E-state index in [0.29, 0.717) is 23.8 Å². The van der Waals surface area contributed by atoms with Gasteiger partial charge in [0.15, 0.2) is 0 Å². The van der Waals surface area contributed by atoms with Crippen LogP contribution in [-0.4, -0.2) is 29.9 Å². The average molecular weight is 382 g/mol. The van der Waals surface area contributed by atoms with Crippen LogP contribution in [0.3, 0.4) is 0 Å². The van der Waals surface area contributed by atoms with Crippen LogP contribution in [0.2, 0.25) is 0 Å². The number of nitrogens with two attached hydrogens (primary N) is 1. The Morgan fingerprint density at radius 2 is 1.88 bits per heavy atom. The fraction of sp³-hybridized carbons (Fsp3) is 0.316. The second-order valence-electron chi connectivity index (χ2n) is 6.09. The number of rotatable bonds is 5. The smallest absolute Gasteiger partial charge is 0.251 e. The minimum absolute atomic E-state index is 0. The molecule has 1 saturated heterocycles. The molecule has 0 bridgehead atoms. The molecule has 0 aliphatic carbocycles. The SMILES string of the molecule is Cl.Cl.Nc1cccc(C(=O)NCC2CCCN2Cc2ccccc2)c1. The fourth-order valence-corrected chi connectivity index (χ4v) is 3.14. The van der Waals surface area contributed by atoms with Gasteiger partial charge in [0.25, 0.3) is 5.91 Å². The third-order valence-corrected chi connectivity index (χ3v) is 4.37. The predicted octanol–water partition coefficient (Wildman–Crippen LogP) is 3.51. The van der Waals surface area contributed by atoms with Crippen LogP contribution in [0, 0.1) is 0 Å². The molecule has 6 heteroatoms. The van der Waals surface area contributed by atoms with E-state index in [0.717, 1.165) is 19.5 Å². The number of halogens is 2. The number of nitrogens with zero attached hydrogens (tertiary/aromatic N) is 1. The summed E-state index contributed by atoms with van der Waals surface area (Å²) in [5.74, 6) is -0.0520. The summed E-state index contributed by atoms with van der Waals surface area (Å²) in [7, 11) is 0. The zero-order valence-electron chi connectivity index (χ0n) is 14.1. The summed E-state index contributed by atoms with van der Waals surface area (Å²) in [5, 5.41) is 3.05. The molecule has 2 aromatic rings. The molecular weight excluding hydrogens is 357 g/mol. The highest BCUT2D eigenvalue weighted by Crippen LogP contribution is 2.19. The molecular formula is C19H25Cl2N3O. The Morgan fingerprint density at radius 3 is 2.60 bits per heavy atom. The molecule has 3 N–H and O–H groups in total. The number of anilines is 1. The summed E-state index contributed by atoms with van der Waals surface area (Å²) < 4.78 is 0. The lowest BCUT2D eigenvalue weighted by Gasteiger charge is -2.24. The normalized spacial score (nSPS) is 16.6. The number of carbonyl (C=O) groups excluding carboxylic acids is 1. The minimum atomic E-state index is -0.0520. The van der Waals surface area contributed by atoms with Gasteiger partial charge in [-0.25, -0.2) is 0 Å². The van der Waals surface area contributed by atoms with E-state index in [2.05, 4.69) is 34.5 Å². The van der Waals surface area contributed by atoms with Crippen molar-refractivity contribution in [2.24, 2.45) is 0 Å². The van der Waals surface area contributed by atoms with Crippen molar-refractivity contribution in [3.05, 3.63) is 65.7 Å². The summed E-state index contributed by atoms with van der Waals surface area (Å²) in [6, 6.07) is 18.0. The van der Waals surface area contributed by atoms with E-state index in [1.54, 1.807) is 18.2 Å². The van der Waals surface area contributed by atoms with E-state index < -0.39 is 0 Å². The van der Waals surface area contributed by atoms with Gasteiger partial charge in [-0.3, -0.25) is 9.69 Å². The first-order chi connectivity index (χ1) is 11.2. The van der Waals surface area contributed by atoms with E-state index in [4.69, 9.17) is 5.73 Å². The Morgan fingerprint density at radius 1 is 1.12 bits per heavy atom. The maximum absolute atomic E-state index is 12.2. The molecule has 136 valence electrons. The minimum Gasteiger partial charge on any atom is -0.399 e. The molecule has 1 unspecified atom stereocenters. The molecule has 1 aliphatic rings. The predicted molar refractivity (Wildman–Crippen MR) is 108 cm³/mol. The number of hydrogen-bond acceptors (Lipinski definition) is 3. The molecule has 1 heterocycles. The lowest BCUT2D eigenvalue weighted by atomic mass is 10.1. The summed E-state index contributed by atoms with van der Waals surface area (Å²) in [6.07, 6.45) is 2.32. The highest BCUT2D eigenvalue weighted by Gasteiger charge is 2.24. The molecule has 0 aromatic heterocycles. The summed E-state index contributed by atoms with van der Waals surface area (Å²) in [5.41, 5.74) is 8.29. The largest absolute Gasteiger partial charge is 0.399 e. The number of amides is 1. The van der Waals surface area contributed by atoms with Crippen molar-refractivity contribution >= 4 is 36.4 Å². The van der Waals surface area contributed by atoms with E-state index in [9.17, 15) is 4.79 Å². The van der Waals surface area contributed by atoms with Crippen molar-refractivity contribution in [2.75, 3.05) is 18.8 Å². The number of hydrogen-bond donors (Lipinski definition) is 2. The topological polar surface area (TPSA) is 58.4 Å². The first-order valence-corrected chi connectivity index (χ1v) is 8.14. The second kappa shape index (κ2) is 10.3. The van der Waals surface area contributed by atoms with Crippen molar-refractivity contribution in [3.63, 3.8) is 0 Å². The van der Waals surface area contributed by atoms with Gasteiger partial charge in [0, 0.05) is 30.4 Å². The maximum Gasteiger partial charge on any atom is 0.251 e. The van der Waals surface area contributed by atoms with Crippen LogP contribution in [0.15, 0.2) is 54.6 Å². The van der Waals surface area contributed by atoms with Gasteiger partial charge in [-0.2, -0.15) is 0 Å². The van der Waals surface area contributed by atoms with Gasteiger partial charge in [0.2, 0.25) is 0 Å². The zero-order valence-corrected chi connectivity index (χ0v) is 15.7. The van der Waals surface area contributed by atoms with Crippen LogP contribution >= 0.6 is 24.8 Å². The summed E-state index contributed by atoms with van der Waals surface area (Å²) >= 11 is 0.